The minimum Gasteiger partial charge on any atom is -0.478 e. The smallest absolute Gasteiger partial charge is 0.225 e. The number of rotatable bonds is 7. The van der Waals surface area contributed by atoms with Crippen LogP contribution in [0.1, 0.15) is 24.8 Å². The van der Waals surface area contributed by atoms with E-state index in [1.807, 2.05) is 18.3 Å². The number of aryl methyl sites for hydroxylation is 1. The molecule has 7 heteroatoms. The summed E-state index contributed by atoms with van der Waals surface area (Å²) in [5.41, 5.74) is 1.08. The Labute approximate surface area is 188 Å². The summed E-state index contributed by atoms with van der Waals surface area (Å²) in [5, 5.41) is 5.30. The monoisotopic (exact) mass is 431 g/mol. The molecule has 0 spiro atoms. The van der Waals surface area contributed by atoms with Gasteiger partial charge in [-0.2, -0.15) is 4.98 Å². The number of pyridine rings is 2. The van der Waals surface area contributed by atoms with Gasteiger partial charge in [0, 0.05) is 50.2 Å². The molecule has 0 aliphatic carbocycles. The normalized spacial score (nSPS) is 16.6. The Kier molecular flexibility index (Phi) is 6.16. The lowest BCUT2D eigenvalue weighted by molar-refractivity contribution is -0.116. The van der Waals surface area contributed by atoms with E-state index in [9.17, 15) is 4.79 Å². The molecule has 2 aromatic heterocycles. The first-order valence-electron chi connectivity index (χ1n) is 11.5. The van der Waals surface area contributed by atoms with E-state index in [0.717, 1.165) is 63.4 Å². The Balaban J connectivity index is 1.04. The molecule has 0 unspecified atom stereocenters. The van der Waals surface area contributed by atoms with Crippen LogP contribution in [-0.2, 0) is 11.2 Å². The topological polar surface area (TPSA) is 70.6 Å². The van der Waals surface area contributed by atoms with Crippen LogP contribution in [0.15, 0.2) is 48.7 Å². The van der Waals surface area contributed by atoms with Gasteiger partial charge in [0.25, 0.3) is 0 Å². The number of fused-ring (bicyclic) bond motifs is 2. The Hall–Kier alpha value is -3.19. The quantitative estimate of drug-likeness (QED) is 0.578. The summed E-state index contributed by atoms with van der Waals surface area (Å²) in [6.45, 7) is 5.83. The van der Waals surface area contributed by atoms with Gasteiger partial charge >= 0.3 is 0 Å². The second kappa shape index (κ2) is 9.53. The largest absolute Gasteiger partial charge is 0.478 e. The zero-order chi connectivity index (χ0) is 21.8. The number of ether oxygens (including phenoxy) is 1. The van der Waals surface area contributed by atoms with Gasteiger partial charge in [0.2, 0.25) is 11.8 Å². The molecule has 2 aliphatic rings. The molecular weight excluding hydrogens is 402 g/mol. The number of anilines is 2. The van der Waals surface area contributed by atoms with Crippen molar-refractivity contribution in [3.8, 4) is 5.88 Å². The van der Waals surface area contributed by atoms with Crippen LogP contribution in [0.2, 0.25) is 0 Å². The van der Waals surface area contributed by atoms with Gasteiger partial charge < -0.3 is 15.0 Å². The van der Waals surface area contributed by atoms with E-state index in [0.29, 0.717) is 24.7 Å². The summed E-state index contributed by atoms with van der Waals surface area (Å²) in [6.07, 6.45) is 5.26. The third kappa shape index (κ3) is 4.67. The highest BCUT2D eigenvalue weighted by Gasteiger charge is 2.19. The van der Waals surface area contributed by atoms with Crippen molar-refractivity contribution in [2.45, 2.75) is 25.7 Å². The predicted octanol–water partition coefficient (Wildman–Crippen LogP) is 3.50. The summed E-state index contributed by atoms with van der Waals surface area (Å²) >= 11 is 0. The van der Waals surface area contributed by atoms with Crippen molar-refractivity contribution in [1.82, 2.24) is 14.9 Å². The second-order valence-electron chi connectivity index (χ2n) is 8.45. The van der Waals surface area contributed by atoms with Crippen molar-refractivity contribution in [1.29, 1.82) is 0 Å². The highest BCUT2D eigenvalue weighted by molar-refractivity contribution is 5.93. The first-order valence-corrected chi connectivity index (χ1v) is 11.5. The van der Waals surface area contributed by atoms with E-state index >= 15 is 0 Å². The van der Waals surface area contributed by atoms with Gasteiger partial charge in [0.05, 0.1) is 6.61 Å². The van der Waals surface area contributed by atoms with Crippen LogP contribution in [0.4, 0.5) is 11.6 Å². The zero-order valence-electron chi connectivity index (χ0n) is 18.3. The molecule has 32 heavy (non-hydrogen) atoms. The molecule has 5 rings (SSSR count). The molecule has 0 radical (unpaired) electrons. The molecule has 1 fully saturated rings. The SMILES string of the molecule is O=C1CCc2ccc(OCCCCN3CCN(c4nccc5ccccc45)CC3)nc2N1. The summed E-state index contributed by atoms with van der Waals surface area (Å²) in [6, 6.07) is 14.4. The van der Waals surface area contributed by atoms with Gasteiger partial charge in [-0.15, -0.1) is 0 Å². The number of piperazine rings is 1. The van der Waals surface area contributed by atoms with E-state index in [2.05, 4.69) is 55.4 Å². The highest BCUT2D eigenvalue weighted by Crippen LogP contribution is 2.25. The van der Waals surface area contributed by atoms with Crippen molar-refractivity contribution >= 4 is 28.3 Å². The van der Waals surface area contributed by atoms with Crippen molar-refractivity contribution in [2.24, 2.45) is 0 Å². The van der Waals surface area contributed by atoms with E-state index in [-0.39, 0.29) is 5.91 Å². The Morgan fingerprint density at radius 3 is 2.75 bits per heavy atom. The molecule has 1 N–H and O–H groups in total. The van der Waals surface area contributed by atoms with E-state index in [1.165, 1.54) is 10.8 Å². The molecule has 2 aliphatic heterocycles. The minimum absolute atomic E-state index is 0.0264. The molecule has 4 heterocycles. The highest BCUT2D eigenvalue weighted by atomic mass is 16.5. The third-order valence-corrected chi connectivity index (χ3v) is 6.28. The summed E-state index contributed by atoms with van der Waals surface area (Å²) in [7, 11) is 0. The zero-order valence-corrected chi connectivity index (χ0v) is 18.3. The number of carbonyl (C=O) groups excluding carboxylic acids is 1. The number of hydrogen-bond donors (Lipinski definition) is 1. The lowest BCUT2D eigenvalue weighted by Crippen LogP contribution is -2.47. The van der Waals surface area contributed by atoms with Crippen molar-refractivity contribution in [3.63, 3.8) is 0 Å². The van der Waals surface area contributed by atoms with E-state index in [1.54, 1.807) is 0 Å². The van der Waals surface area contributed by atoms with Crippen LogP contribution in [-0.4, -0.2) is 60.1 Å². The van der Waals surface area contributed by atoms with Gasteiger partial charge in [0.15, 0.2) is 0 Å². The van der Waals surface area contributed by atoms with Gasteiger partial charge in [-0.3, -0.25) is 9.69 Å². The van der Waals surface area contributed by atoms with Crippen molar-refractivity contribution in [3.05, 3.63) is 54.2 Å². The summed E-state index contributed by atoms with van der Waals surface area (Å²) in [5.74, 6) is 2.36. The van der Waals surface area contributed by atoms with Crippen LogP contribution < -0.4 is 15.0 Å². The molecule has 1 amide bonds. The average Bonchev–Trinajstić information content (AvgIpc) is 2.83. The lowest BCUT2D eigenvalue weighted by atomic mass is 10.1. The van der Waals surface area contributed by atoms with Crippen LogP contribution in [0.3, 0.4) is 0 Å². The molecule has 0 saturated carbocycles. The van der Waals surface area contributed by atoms with Crippen molar-refractivity contribution < 1.29 is 9.53 Å². The number of unbranched alkanes of at least 4 members (excludes halogenated alkanes) is 1. The standard InChI is InChI=1S/C25H29N5O2/c31-22-9-7-20-8-10-23(28-24(20)27-22)32-18-4-3-13-29-14-16-30(17-15-29)25-21-6-2-1-5-19(21)11-12-26-25/h1-2,5-6,8,10-12H,3-4,7,9,13-18H2,(H,27,28,31). The molecule has 0 bridgehead atoms. The second-order valence-corrected chi connectivity index (χ2v) is 8.45. The first-order chi connectivity index (χ1) is 15.8. The number of carbonyl (C=O) groups is 1. The third-order valence-electron chi connectivity index (χ3n) is 6.28. The molecule has 7 nitrogen and oxygen atoms in total. The molecule has 3 aromatic rings. The van der Waals surface area contributed by atoms with Gasteiger partial charge in [-0.1, -0.05) is 24.3 Å². The summed E-state index contributed by atoms with van der Waals surface area (Å²) < 4.78 is 5.82. The predicted molar refractivity (Wildman–Crippen MR) is 126 cm³/mol. The number of amides is 1. The Bertz CT molecular complexity index is 1090. The Morgan fingerprint density at radius 2 is 1.84 bits per heavy atom. The fourth-order valence-corrected chi connectivity index (χ4v) is 4.46. The fourth-order valence-electron chi connectivity index (χ4n) is 4.46. The van der Waals surface area contributed by atoms with Crippen LogP contribution in [0.5, 0.6) is 5.88 Å². The van der Waals surface area contributed by atoms with Gasteiger partial charge in [-0.05, 0) is 48.9 Å². The summed E-state index contributed by atoms with van der Waals surface area (Å²) in [4.78, 5) is 25.6. The van der Waals surface area contributed by atoms with E-state index < -0.39 is 0 Å². The molecule has 0 atom stereocenters. The van der Waals surface area contributed by atoms with Crippen LogP contribution >= 0.6 is 0 Å². The Morgan fingerprint density at radius 1 is 0.969 bits per heavy atom. The lowest BCUT2D eigenvalue weighted by Gasteiger charge is -2.35. The van der Waals surface area contributed by atoms with Crippen LogP contribution in [0, 0.1) is 0 Å². The molecule has 166 valence electrons. The number of nitrogens with zero attached hydrogens (tertiary/aromatic N) is 4. The number of aromatic nitrogens is 2. The van der Waals surface area contributed by atoms with Gasteiger partial charge in [-0.25, -0.2) is 4.98 Å². The average molecular weight is 432 g/mol. The number of benzene rings is 1. The first kappa shape index (κ1) is 20.7. The van der Waals surface area contributed by atoms with Gasteiger partial charge in [0.1, 0.15) is 11.6 Å². The number of nitrogens with one attached hydrogen (secondary N) is 1. The van der Waals surface area contributed by atoms with Crippen molar-refractivity contribution in [2.75, 3.05) is 49.5 Å². The maximum absolute atomic E-state index is 11.5. The van der Waals surface area contributed by atoms with E-state index in [4.69, 9.17) is 4.74 Å². The molecular formula is C25H29N5O2. The molecule has 1 aromatic carbocycles. The maximum Gasteiger partial charge on any atom is 0.225 e. The maximum atomic E-state index is 11.5. The minimum atomic E-state index is 0.0264. The number of hydrogen-bond acceptors (Lipinski definition) is 6. The van der Waals surface area contributed by atoms with Crippen LogP contribution in [0.25, 0.3) is 10.8 Å². The fraction of sp³-hybridized carbons (Fsp3) is 0.400. The molecule has 1 saturated heterocycles.